The van der Waals surface area contributed by atoms with E-state index in [1.807, 2.05) is 13.8 Å². The van der Waals surface area contributed by atoms with Crippen molar-refractivity contribution >= 4 is 81.4 Å². The molecular weight excluding hydrogens is 383 g/mol. The topological polar surface area (TPSA) is 38.7 Å². The molecule has 0 fully saturated rings. The minimum atomic E-state index is -1.81. The summed E-state index contributed by atoms with van der Waals surface area (Å²) in [6.07, 6.45) is 0. The van der Waals surface area contributed by atoms with E-state index in [0.29, 0.717) is 5.16 Å². The molecular formula is C8H7Cl6N3S. The van der Waals surface area contributed by atoms with E-state index in [1.165, 1.54) is 11.8 Å². The molecule has 0 aromatic carbocycles. The number of rotatable bonds is 2. The summed E-state index contributed by atoms with van der Waals surface area (Å²) < 4.78 is -3.61. The van der Waals surface area contributed by atoms with Gasteiger partial charge in [0.1, 0.15) is 0 Å². The molecule has 0 radical (unpaired) electrons. The Hall–Kier alpha value is 1.10. The Balaban J connectivity index is 3.29. The van der Waals surface area contributed by atoms with Crippen LogP contribution >= 0.6 is 81.4 Å². The van der Waals surface area contributed by atoms with Gasteiger partial charge in [0.05, 0.1) is 0 Å². The first-order valence-electron chi connectivity index (χ1n) is 4.57. The van der Waals surface area contributed by atoms with Crippen molar-refractivity contribution in [2.24, 2.45) is 0 Å². The molecule has 0 aliphatic rings. The van der Waals surface area contributed by atoms with Gasteiger partial charge >= 0.3 is 0 Å². The predicted octanol–water partition coefficient (Wildman–Crippen LogP) is 5.03. The Labute approximate surface area is 139 Å². The van der Waals surface area contributed by atoms with Gasteiger partial charge < -0.3 is 0 Å². The number of hydrogen-bond acceptors (Lipinski definition) is 4. The third kappa shape index (κ3) is 5.23. The smallest absolute Gasteiger partial charge is 0.209 e. The van der Waals surface area contributed by atoms with Crippen LogP contribution in [-0.4, -0.2) is 20.2 Å². The van der Waals surface area contributed by atoms with Gasteiger partial charge in [0, 0.05) is 5.25 Å². The molecule has 0 aliphatic heterocycles. The highest BCUT2D eigenvalue weighted by molar-refractivity contribution is 7.99. The van der Waals surface area contributed by atoms with E-state index in [2.05, 4.69) is 15.0 Å². The molecule has 0 amide bonds. The van der Waals surface area contributed by atoms with E-state index < -0.39 is 7.59 Å². The second kappa shape index (κ2) is 6.25. The Kier molecular flexibility index (Phi) is 5.96. The molecule has 3 nitrogen and oxygen atoms in total. The van der Waals surface area contributed by atoms with Crippen LogP contribution in [0, 0.1) is 0 Å². The lowest BCUT2D eigenvalue weighted by molar-refractivity contribution is 0.766. The van der Waals surface area contributed by atoms with E-state index in [1.54, 1.807) is 0 Å². The molecule has 0 atom stereocenters. The van der Waals surface area contributed by atoms with Gasteiger partial charge in [0.2, 0.25) is 7.59 Å². The largest absolute Gasteiger partial charge is 0.250 e. The molecule has 0 saturated heterocycles. The summed E-state index contributed by atoms with van der Waals surface area (Å²) in [4.78, 5) is 11.9. The average Bonchev–Trinajstić information content (AvgIpc) is 2.13. The predicted molar refractivity (Wildman–Crippen MR) is 79.3 cm³/mol. The molecule has 18 heavy (non-hydrogen) atoms. The molecule has 1 aromatic rings. The SMILES string of the molecule is CC(C)Sc1nc(C(Cl)(Cl)Cl)nc(C(Cl)(Cl)Cl)n1. The summed E-state index contributed by atoms with van der Waals surface area (Å²) in [5, 5.41) is 0.557. The molecule has 10 heteroatoms. The fraction of sp³-hybridized carbons (Fsp3) is 0.625. The van der Waals surface area contributed by atoms with E-state index in [9.17, 15) is 0 Å². The molecule has 1 aromatic heterocycles. The third-order valence-corrected chi connectivity index (χ3v) is 3.34. The average molecular weight is 390 g/mol. The van der Waals surface area contributed by atoms with Crippen molar-refractivity contribution in [3.8, 4) is 0 Å². The molecule has 1 heterocycles. The van der Waals surface area contributed by atoms with Crippen molar-refractivity contribution < 1.29 is 0 Å². The Morgan fingerprint density at radius 3 is 1.50 bits per heavy atom. The lowest BCUT2D eigenvalue weighted by Gasteiger charge is -2.15. The molecule has 0 saturated carbocycles. The molecule has 1 rings (SSSR count). The number of aromatic nitrogens is 3. The maximum absolute atomic E-state index is 5.73. The fourth-order valence-electron chi connectivity index (χ4n) is 0.874. The van der Waals surface area contributed by atoms with Gasteiger partial charge in [-0.3, -0.25) is 0 Å². The fourth-order valence-corrected chi connectivity index (χ4v) is 2.08. The zero-order valence-electron chi connectivity index (χ0n) is 9.10. The maximum atomic E-state index is 5.73. The van der Waals surface area contributed by atoms with Gasteiger partial charge in [-0.15, -0.1) is 0 Å². The number of halogens is 6. The minimum absolute atomic E-state index is 0.0769. The zero-order valence-corrected chi connectivity index (χ0v) is 14.4. The molecule has 102 valence electrons. The summed E-state index contributed by atoms with van der Waals surface area (Å²) in [5.41, 5.74) is 0. The van der Waals surface area contributed by atoms with Gasteiger partial charge in [-0.25, -0.2) is 15.0 Å². The van der Waals surface area contributed by atoms with E-state index in [-0.39, 0.29) is 16.9 Å². The lowest BCUT2D eigenvalue weighted by atomic mass is 10.6. The zero-order chi connectivity index (χ0) is 14.1. The molecule has 0 unspecified atom stereocenters. The lowest BCUT2D eigenvalue weighted by Crippen LogP contribution is -2.17. The normalized spacial score (nSPS) is 13.2. The van der Waals surface area contributed by atoms with Crippen LogP contribution in [0.2, 0.25) is 0 Å². The second-order valence-electron chi connectivity index (χ2n) is 3.43. The van der Waals surface area contributed by atoms with Crippen molar-refractivity contribution in [3.63, 3.8) is 0 Å². The monoisotopic (exact) mass is 387 g/mol. The van der Waals surface area contributed by atoms with Crippen LogP contribution in [0.5, 0.6) is 0 Å². The second-order valence-corrected chi connectivity index (χ2v) is 9.53. The Morgan fingerprint density at radius 2 is 1.22 bits per heavy atom. The van der Waals surface area contributed by atoms with Crippen LogP contribution in [0.3, 0.4) is 0 Å². The summed E-state index contributed by atoms with van der Waals surface area (Å²) in [7, 11) is 0. The first-order valence-corrected chi connectivity index (χ1v) is 7.72. The molecule has 0 spiro atoms. The van der Waals surface area contributed by atoms with E-state index in [0.717, 1.165) is 0 Å². The Bertz CT molecular complexity index is 396. The minimum Gasteiger partial charge on any atom is -0.209 e. The van der Waals surface area contributed by atoms with Crippen molar-refractivity contribution in [2.45, 2.75) is 31.8 Å². The molecule has 0 aliphatic carbocycles. The Morgan fingerprint density at radius 1 is 0.833 bits per heavy atom. The maximum Gasteiger partial charge on any atom is 0.250 e. The number of nitrogens with zero attached hydrogens (tertiary/aromatic N) is 3. The van der Waals surface area contributed by atoms with Gasteiger partial charge in [0.25, 0.3) is 0 Å². The first-order chi connectivity index (χ1) is 8.00. The molecule has 0 N–H and O–H groups in total. The van der Waals surface area contributed by atoms with Crippen LogP contribution in [0.15, 0.2) is 5.16 Å². The van der Waals surface area contributed by atoms with Crippen LogP contribution < -0.4 is 0 Å². The van der Waals surface area contributed by atoms with Gasteiger partial charge in [0.15, 0.2) is 16.8 Å². The summed E-state index contributed by atoms with van der Waals surface area (Å²) >= 11 is 35.7. The quantitative estimate of drug-likeness (QED) is 0.525. The van der Waals surface area contributed by atoms with E-state index in [4.69, 9.17) is 69.6 Å². The first kappa shape index (κ1) is 17.2. The third-order valence-electron chi connectivity index (χ3n) is 1.46. The highest BCUT2D eigenvalue weighted by Gasteiger charge is 2.33. The van der Waals surface area contributed by atoms with Crippen molar-refractivity contribution in [2.75, 3.05) is 0 Å². The van der Waals surface area contributed by atoms with Crippen LogP contribution in [0.25, 0.3) is 0 Å². The van der Waals surface area contributed by atoms with Crippen LogP contribution in [0.1, 0.15) is 25.5 Å². The highest BCUT2D eigenvalue weighted by Crippen LogP contribution is 2.40. The summed E-state index contributed by atoms with van der Waals surface area (Å²) in [5.74, 6) is -0.154. The van der Waals surface area contributed by atoms with Crippen molar-refractivity contribution in [3.05, 3.63) is 11.6 Å². The van der Waals surface area contributed by atoms with Gasteiger partial charge in [-0.05, 0) is 0 Å². The number of hydrogen-bond donors (Lipinski definition) is 0. The highest BCUT2D eigenvalue weighted by atomic mass is 35.6. The summed E-state index contributed by atoms with van der Waals surface area (Å²) in [6, 6.07) is 0. The standard InChI is InChI=1S/C8H7Cl6N3S/c1-3(2)18-6-16-4(7(9,10)11)15-5(17-6)8(12,13)14/h3H,1-2H3. The number of thioether (sulfide) groups is 1. The van der Waals surface area contributed by atoms with Crippen LogP contribution in [0.4, 0.5) is 0 Å². The van der Waals surface area contributed by atoms with E-state index >= 15 is 0 Å². The van der Waals surface area contributed by atoms with Gasteiger partial charge in [-0.1, -0.05) is 95.2 Å². The summed E-state index contributed by atoms with van der Waals surface area (Å²) in [6.45, 7) is 3.91. The molecule has 0 bridgehead atoms. The van der Waals surface area contributed by atoms with Crippen LogP contribution in [-0.2, 0) is 7.59 Å². The van der Waals surface area contributed by atoms with Gasteiger partial charge in [-0.2, -0.15) is 0 Å². The number of alkyl halides is 6. The van der Waals surface area contributed by atoms with Crippen molar-refractivity contribution in [1.29, 1.82) is 0 Å². The van der Waals surface area contributed by atoms with Crippen molar-refractivity contribution in [1.82, 2.24) is 15.0 Å².